The largest absolute Gasteiger partial charge is 0.370 e. The van der Waals surface area contributed by atoms with E-state index in [4.69, 9.17) is 4.74 Å². The van der Waals surface area contributed by atoms with Gasteiger partial charge in [0.1, 0.15) is 6.10 Å². The highest BCUT2D eigenvalue weighted by Gasteiger charge is 2.25. The van der Waals surface area contributed by atoms with Crippen LogP contribution in [-0.2, 0) is 21.8 Å². The van der Waals surface area contributed by atoms with E-state index in [-0.39, 0.29) is 36.6 Å². The van der Waals surface area contributed by atoms with Gasteiger partial charge in [-0.2, -0.15) is 5.10 Å². The zero-order valence-electron chi connectivity index (χ0n) is 17.6. The third kappa shape index (κ3) is 6.15. The number of halogens is 1. The van der Waals surface area contributed by atoms with E-state index < -0.39 is 10.0 Å². The van der Waals surface area contributed by atoms with Crippen molar-refractivity contribution < 1.29 is 13.2 Å². The van der Waals surface area contributed by atoms with Crippen molar-refractivity contribution in [3.63, 3.8) is 0 Å². The molecule has 0 aliphatic carbocycles. The van der Waals surface area contributed by atoms with Gasteiger partial charge in [0.15, 0.2) is 5.96 Å². The van der Waals surface area contributed by atoms with Gasteiger partial charge in [-0.3, -0.25) is 9.67 Å². The number of hydrogen-bond acceptors (Lipinski definition) is 6. The van der Waals surface area contributed by atoms with E-state index >= 15 is 0 Å². The van der Waals surface area contributed by atoms with Crippen LogP contribution >= 0.6 is 35.3 Å². The van der Waals surface area contributed by atoms with Crippen LogP contribution < -0.4 is 10.0 Å². The van der Waals surface area contributed by atoms with Crippen LogP contribution in [0.25, 0.3) is 0 Å². The van der Waals surface area contributed by atoms with Gasteiger partial charge in [-0.15, -0.1) is 35.3 Å². The molecule has 9 nitrogen and oxygen atoms in total. The van der Waals surface area contributed by atoms with Crippen molar-refractivity contribution in [1.82, 2.24) is 24.7 Å². The molecule has 0 saturated carbocycles. The summed E-state index contributed by atoms with van der Waals surface area (Å²) < 4.78 is 35.3. The number of aryl methyl sites for hydroxylation is 3. The number of rotatable bonds is 6. The first-order chi connectivity index (χ1) is 13.8. The average molecular weight is 569 g/mol. The van der Waals surface area contributed by atoms with Crippen molar-refractivity contribution in [1.29, 1.82) is 0 Å². The van der Waals surface area contributed by atoms with Crippen molar-refractivity contribution in [2.75, 3.05) is 39.8 Å². The average Bonchev–Trinajstić information content (AvgIpc) is 3.27. The van der Waals surface area contributed by atoms with E-state index in [9.17, 15) is 8.42 Å². The zero-order valence-corrected chi connectivity index (χ0v) is 21.5. The highest BCUT2D eigenvalue weighted by molar-refractivity contribution is 14.0. The first kappa shape index (κ1) is 25.0. The smallest absolute Gasteiger partial charge is 0.241 e. The lowest BCUT2D eigenvalue weighted by atomic mass is 10.1. The molecule has 30 heavy (non-hydrogen) atoms. The molecule has 0 amide bonds. The summed E-state index contributed by atoms with van der Waals surface area (Å²) >= 11 is 1.48. The van der Waals surface area contributed by atoms with E-state index in [1.807, 2.05) is 33.3 Å². The van der Waals surface area contributed by atoms with Crippen molar-refractivity contribution in [3.8, 4) is 0 Å². The van der Waals surface area contributed by atoms with Crippen LogP contribution in [0.5, 0.6) is 0 Å². The summed E-state index contributed by atoms with van der Waals surface area (Å²) in [4.78, 5) is 8.59. The van der Waals surface area contributed by atoms with Gasteiger partial charge in [0.2, 0.25) is 10.0 Å². The Hall–Kier alpha value is -1.22. The van der Waals surface area contributed by atoms with Crippen LogP contribution in [-0.4, -0.2) is 68.9 Å². The minimum atomic E-state index is -3.50. The van der Waals surface area contributed by atoms with Crippen molar-refractivity contribution >= 4 is 51.3 Å². The monoisotopic (exact) mass is 568 g/mol. The third-order valence-corrected chi connectivity index (χ3v) is 7.34. The Balaban J connectivity index is 0.00000320. The molecule has 2 aromatic heterocycles. The van der Waals surface area contributed by atoms with Gasteiger partial charge >= 0.3 is 0 Å². The fraction of sp³-hybridized carbons (Fsp3) is 0.556. The fourth-order valence-electron chi connectivity index (χ4n) is 3.29. The third-order valence-electron chi connectivity index (χ3n) is 4.66. The molecular weight excluding hydrogens is 539 g/mol. The van der Waals surface area contributed by atoms with Gasteiger partial charge in [-0.1, -0.05) is 0 Å². The van der Waals surface area contributed by atoms with Crippen LogP contribution in [0.3, 0.4) is 0 Å². The number of thiophene rings is 1. The van der Waals surface area contributed by atoms with Crippen LogP contribution in [0.2, 0.25) is 0 Å². The number of nitrogens with one attached hydrogen (secondary N) is 2. The highest BCUT2D eigenvalue weighted by atomic mass is 127. The van der Waals surface area contributed by atoms with Gasteiger partial charge in [-0.05, 0) is 19.9 Å². The van der Waals surface area contributed by atoms with E-state index in [0.717, 1.165) is 27.8 Å². The maximum Gasteiger partial charge on any atom is 0.241 e. The molecule has 0 spiro atoms. The number of aliphatic imine (C=N–C) groups is 1. The van der Waals surface area contributed by atoms with Gasteiger partial charge in [0, 0.05) is 55.2 Å². The quantitative estimate of drug-likeness (QED) is 0.238. The van der Waals surface area contributed by atoms with Gasteiger partial charge in [0.05, 0.1) is 24.2 Å². The Bertz CT molecular complexity index is 972. The predicted molar refractivity (Wildman–Crippen MR) is 129 cm³/mol. The highest BCUT2D eigenvalue weighted by Crippen LogP contribution is 2.24. The fourth-order valence-corrected chi connectivity index (χ4v) is 5.88. The molecule has 168 valence electrons. The lowest BCUT2D eigenvalue weighted by molar-refractivity contribution is -0.00800. The molecule has 3 heterocycles. The minimum absolute atomic E-state index is 0. The summed E-state index contributed by atoms with van der Waals surface area (Å²) in [6.07, 6.45) is 3.69. The number of sulfonamides is 1. The SMILES string of the molecule is CN=C(NCCNS(=O)(=O)c1cc(C)sc1C)N1CCOC(c2cnn(C)c2)C1.I. The molecule has 0 bridgehead atoms. The number of guanidine groups is 1. The van der Waals surface area contributed by atoms with Crippen molar-refractivity contribution in [2.24, 2.45) is 12.0 Å². The minimum Gasteiger partial charge on any atom is -0.370 e. The molecule has 1 fully saturated rings. The summed E-state index contributed by atoms with van der Waals surface area (Å²) in [5.41, 5.74) is 1.03. The maximum absolute atomic E-state index is 12.5. The second-order valence-corrected chi connectivity index (χ2v) is 10.1. The zero-order chi connectivity index (χ0) is 21.0. The van der Waals surface area contributed by atoms with Crippen molar-refractivity contribution in [3.05, 3.63) is 33.8 Å². The second-order valence-electron chi connectivity index (χ2n) is 6.90. The number of aromatic nitrogens is 2. The molecule has 2 aromatic rings. The summed E-state index contributed by atoms with van der Waals surface area (Å²) in [5, 5.41) is 7.44. The van der Waals surface area contributed by atoms with Gasteiger partial charge < -0.3 is 15.0 Å². The molecule has 1 unspecified atom stereocenters. The Morgan fingerprint density at radius 3 is 2.77 bits per heavy atom. The number of morpholine rings is 1. The maximum atomic E-state index is 12.5. The van der Waals surface area contributed by atoms with Gasteiger partial charge in [0.25, 0.3) is 0 Å². The number of ether oxygens (including phenoxy) is 1. The lowest BCUT2D eigenvalue weighted by Gasteiger charge is -2.34. The Kier molecular flexibility index (Phi) is 9.09. The molecule has 0 aromatic carbocycles. The standard InChI is InChI=1S/C18H28N6O3S2.HI/c1-13-9-17(14(2)28-13)29(25,26)22-6-5-20-18(19-3)24-7-8-27-16(12-24)15-10-21-23(4)11-15;/h9-11,16,22H,5-8,12H2,1-4H3,(H,19,20);1H. The molecule has 3 rings (SSSR count). The van der Waals surface area contributed by atoms with E-state index in [2.05, 4.69) is 25.0 Å². The lowest BCUT2D eigenvalue weighted by Crippen LogP contribution is -2.49. The molecule has 1 aliphatic rings. The summed E-state index contributed by atoms with van der Waals surface area (Å²) in [6, 6.07) is 1.71. The number of nitrogens with zero attached hydrogens (tertiary/aromatic N) is 4. The molecule has 1 atom stereocenters. The summed E-state index contributed by atoms with van der Waals surface area (Å²) in [5.74, 6) is 0.726. The Morgan fingerprint density at radius 1 is 1.40 bits per heavy atom. The molecule has 0 radical (unpaired) electrons. The van der Waals surface area contributed by atoms with Crippen LogP contribution in [0.1, 0.15) is 21.4 Å². The predicted octanol–water partition coefficient (Wildman–Crippen LogP) is 1.64. The van der Waals surface area contributed by atoms with Crippen molar-refractivity contribution in [2.45, 2.75) is 24.8 Å². The number of hydrogen-bond donors (Lipinski definition) is 2. The molecule has 2 N–H and O–H groups in total. The first-order valence-electron chi connectivity index (χ1n) is 9.42. The second kappa shape index (κ2) is 10.9. The van der Waals surface area contributed by atoms with Crippen LogP contribution in [0.4, 0.5) is 0 Å². The Labute approximate surface area is 199 Å². The molecule has 12 heteroatoms. The van der Waals surface area contributed by atoms with E-state index in [0.29, 0.717) is 24.6 Å². The van der Waals surface area contributed by atoms with E-state index in [1.54, 1.807) is 17.8 Å². The van der Waals surface area contributed by atoms with Crippen LogP contribution in [0, 0.1) is 13.8 Å². The van der Waals surface area contributed by atoms with Crippen LogP contribution in [0.15, 0.2) is 28.3 Å². The first-order valence-corrected chi connectivity index (χ1v) is 11.7. The molecular formula is C18H29IN6O3S2. The normalized spacial score (nSPS) is 17.7. The molecule has 1 saturated heterocycles. The Morgan fingerprint density at radius 2 is 2.17 bits per heavy atom. The summed E-state index contributed by atoms with van der Waals surface area (Å²) in [7, 11) is 0.0958. The topological polar surface area (TPSA) is 101 Å². The van der Waals surface area contributed by atoms with Gasteiger partial charge in [-0.25, -0.2) is 13.1 Å². The summed E-state index contributed by atoms with van der Waals surface area (Å²) in [6.45, 7) is 6.39. The van der Waals surface area contributed by atoms with E-state index in [1.165, 1.54) is 11.3 Å². The molecule has 1 aliphatic heterocycles.